The molecule has 0 radical (unpaired) electrons. The number of carbonyl (C=O) groups excluding carboxylic acids is 2. The largest absolute Gasteiger partial charge is 0.383 e. The van der Waals surface area contributed by atoms with Gasteiger partial charge in [-0.25, -0.2) is 0 Å². The van der Waals surface area contributed by atoms with Crippen molar-refractivity contribution in [1.29, 1.82) is 0 Å². The third-order valence-electron chi connectivity index (χ3n) is 5.93. The average molecular weight is 432 g/mol. The Morgan fingerprint density at radius 2 is 1.90 bits per heavy atom. The van der Waals surface area contributed by atoms with E-state index in [2.05, 4.69) is 17.0 Å². The second-order valence-electron chi connectivity index (χ2n) is 7.79. The lowest BCUT2D eigenvalue weighted by molar-refractivity contribution is -0.136. The second-order valence-corrected chi connectivity index (χ2v) is 8.84. The number of amides is 2. The van der Waals surface area contributed by atoms with Gasteiger partial charge >= 0.3 is 0 Å². The summed E-state index contributed by atoms with van der Waals surface area (Å²) in [6.07, 6.45) is -0.277. The van der Waals surface area contributed by atoms with E-state index in [0.29, 0.717) is 39.4 Å². The highest BCUT2D eigenvalue weighted by Gasteiger charge is 2.32. The molecule has 0 unspecified atom stereocenters. The van der Waals surface area contributed by atoms with Gasteiger partial charge in [0.1, 0.15) is 6.10 Å². The summed E-state index contributed by atoms with van der Waals surface area (Å²) in [5.74, 6) is 0.115. The van der Waals surface area contributed by atoms with Crippen LogP contribution in [0.4, 0.5) is 0 Å². The van der Waals surface area contributed by atoms with Crippen molar-refractivity contribution in [2.45, 2.75) is 13.0 Å². The highest BCUT2D eigenvalue weighted by Crippen LogP contribution is 2.39. The number of thiophene rings is 1. The van der Waals surface area contributed by atoms with Gasteiger partial charge < -0.3 is 19.3 Å². The average Bonchev–Trinajstić information content (AvgIpc) is 3.17. The molecule has 2 fully saturated rings. The smallest absolute Gasteiger partial charge is 0.264 e. The van der Waals surface area contributed by atoms with Crippen LogP contribution < -0.4 is 0 Å². The first-order chi connectivity index (χ1) is 14.6. The van der Waals surface area contributed by atoms with Crippen LogP contribution in [0.3, 0.4) is 0 Å². The van der Waals surface area contributed by atoms with E-state index in [1.807, 2.05) is 21.9 Å². The Morgan fingerprint density at radius 3 is 2.63 bits per heavy atom. The van der Waals surface area contributed by atoms with Gasteiger partial charge in [-0.1, -0.05) is 18.2 Å². The quantitative estimate of drug-likeness (QED) is 0.727. The zero-order valence-electron chi connectivity index (χ0n) is 17.6. The Balaban J connectivity index is 1.59. The van der Waals surface area contributed by atoms with Crippen molar-refractivity contribution >= 4 is 33.2 Å². The van der Waals surface area contributed by atoms with Gasteiger partial charge in [-0.3, -0.25) is 14.5 Å². The fourth-order valence-electron chi connectivity index (χ4n) is 4.19. The van der Waals surface area contributed by atoms with Crippen molar-refractivity contribution in [2.75, 3.05) is 66.1 Å². The zero-order valence-corrected chi connectivity index (χ0v) is 18.5. The lowest BCUT2D eigenvalue weighted by Gasteiger charge is -2.35. The summed E-state index contributed by atoms with van der Waals surface area (Å²) in [5, 5.41) is 1.06. The monoisotopic (exact) mass is 431 g/mol. The molecule has 2 saturated heterocycles. The highest BCUT2D eigenvalue weighted by molar-refractivity contribution is 7.21. The topological polar surface area (TPSA) is 62.3 Å². The third-order valence-corrected chi connectivity index (χ3v) is 7.11. The second kappa shape index (κ2) is 9.43. The number of benzene rings is 1. The first kappa shape index (κ1) is 21.2. The summed E-state index contributed by atoms with van der Waals surface area (Å²) < 4.78 is 12.3. The number of carbonyl (C=O) groups is 2. The van der Waals surface area contributed by atoms with Crippen LogP contribution in [0.25, 0.3) is 10.1 Å². The Labute approximate surface area is 181 Å². The number of hydrogen-bond donors (Lipinski definition) is 0. The van der Waals surface area contributed by atoms with Crippen LogP contribution in [0.15, 0.2) is 24.3 Å². The van der Waals surface area contributed by atoms with Gasteiger partial charge in [0, 0.05) is 63.6 Å². The molecule has 7 nitrogen and oxygen atoms in total. The van der Waals surface area contributed by atoms with Crippen molar-refractivity contribution in [3.8, 4) is 0 Å². The number of hydrogen-bond acceptors (Lipinski definition) is 6. The van der Waals surface area contributed by atoms with E-state index in [9.17, 15) is 9.59 Å². The molecule has 4 rings (SSSR count). The van der Waals surface area contributed by atoms with Gasteiger partial charge in [0.2, 0.25) is 5.91 Å². The van der Waals surface area contributed by atoms with E-state index in [4.69, 9.17) is 9.47 Å². The minimum Gasteiger partial charge on any atom is -0.383 e. The summed E-state index contributed by atoms with van der Waals surface area (Å²) >= 11 is 1.54. The Bertz CT molecular complexity index is 907. The van der Waals surface area contributed by atoms with E-state index in [-0.39, 0.29) is 17.9 Å². The van der Waals surface area contributed by atoms with Gasteiger partial charge in [0.05, 0.1) is 24.6 Å². The SMILES string of the molecule is COCCN1CCN(C(=O)c2sc3ccccc3c2[C@@H]2CN(C(C)=O)CCO2)CC1. The Hall–Kier alpha value is -2.00. The third kappa shape index (κ3) is 4.37. The van der Waals surface area contributed by atoms with E-state index in [0.717, 1.165) is 40.2 Å². The normalized spacial score (nSPS) is 20.7. The fourth-order valence-corrected chi connectivity index (χ4v) is 5.41. The Kier molecular flexibility index (Phi) is 6.67. The van der Waals surface area contributed by atoms with E-state index >= 15 is 0 Å². The molecule has 2 aliphatic heterocycles. The number of fused-ring (bicyclic) bond motifs is 1. The standard InChI is InChI=1S/C22H29N3O4S/c1-16(26)25-12-14-29-18(15-25)20-17-5-3-4-6-19(17)30-21(20)22(27)24-9-7-23(8-10-24)11-13-28-2/h3-6,18H,7-15H2,1-2H3/t18-/m0/s1. The first-order valence-electron chi connectivity index (χ1n) is 10.5. The number of nitrogens with zero attached hydrogens (tertiary/aromatic N) is 3. The molecule has 162 valence electrons. The van der Waals surface area contributed by atoms with E-state index < -0.39 is 0 Å². The maximum atomic E-state index is 13.5. The van der Waals surface area contributed by atoms with Crippen LogP contribution in [0.1, 0.15) is 28.3 Å². The van der Waals surface area contributed by atoms with E-state index in [1.54, 1.807) is 14.0 Å². The van der Waals surface area contributed by atoms with Crippen molar-refractivity contribution in [1.82, 2.24) is 14.7 Å². The molecule has 0 N–H and O–H groups in total. The molecule has 0 bridgehead atoms. The van der Waals surface area contributed by atoms with Crippen LogP contribution in [0, 0.1) is 0 Å². The number of morpholine rings is 1. The summed E-state index contributed by atoms with van der Waals surface area (Å²) in [6.45, 7) is 7.89. The molecule has 1 aromatic heterocycles. The maximum absolute atomic E-state index is 13.5. The van der Waals surface area contributed by atoms with Crippen molar-refractivity contribution < 1.29 is 19.1 Å². The van der Waals surface area contributed by atoms with Gasteiger partial charge in [-0.05, 0) is 11.5 Å². The van der Waals surface area contributed by atoms with Crippen LogP contribution in [-0.4, -0.2) is 92.7 Å². The number of ether oxygens (including phenoxy) is 2. The van der Waals surface area contributed by atoms with Crippen LogP contribution in [-0.2, 0) is 14.3 Å². The summed E-state index contributed by atoms with van der Waals surface area (Å²) in [7, 11) is 1.71. The molecule has 8 heteroatoms. The summed E-state index contributed by atoms with van der Waals surface area (Å²) in [5.41, 5.74) is 0.938. The Morgan fingerprint density at radius 1 is 1.13 bits per heavy atom. The molecule has 0 saturated carbocycles. The van der Waals surface area contributed by atoms with Gasteiger partial charge in [0.25, 0.3) is 5.91 Å². The van der Waals surface area contributed by atoms with E-state index in [1.165, 1.54) is 11.3 Å². The summed E-state index contributed by atoms with van der Waals surface area (Å²) in [4.78, 5) is 32.3. The molecular formula is C22H29N3O4S. The highest BCUT2D eigenvalue weighted by atomic mass is 32.1. The zero-order chi connectivity index (χ0) is 21.1. The van der Waals surface area contributed by atoms with Gasteiger partial charge in [-0.15, -0.1) is 11.3 Å². The molecule has 1 aromatic carbocycles. The minimum atomic E-state index is -0.277. The number of piperazine rings is 1. The van der Waals surface area contributed by atoms with Gasteiger partial charge in [-0.2, -0.15) is 0 Å². The molecule has 1 atom stereocenters. The molecular weight excluding hydrogens is 402 g/mol. The lowest BCUT2D eigenvalue weighted by Crippen LogP contribution is -2.49. The minimum absolute atomic E-state index is 0.0443. The van der Waals surface area contributed by atoms with Crippen molar-refractivity contribution in [2.24, 2.45) is 0 Å². The molecule has 2 aromatic rings. The fraction of sp³-hybridized carbons (Fsp3) is 0.545. The van der Waals surface area contributed by atoms with Crippen molar-refractivity contribution in [3.05, 3.63) is 34.7 Å². The molecule has 0 spiro atoms. The molecule has 30 heavy (non-hydrogen) atoms. The van der Waals surface area contributed by atoms with Crippen LogP contribution in [0.5, 0.6) is 0 Å². The lowest BCUT2D eigenvalue weighted by atomic mass is 10.0. The van der Waals surface area contributed by atoms with Crippen LogP contribution >= 0.6 is 11.3 Å². The van der Waals surface area contributed by atoms with Crippen LogP contribution in [0.2, 0.25) is 0 Å². The molecule has 2 aliphatic rings. The first-order valence-corrected chi connectivity index (χ1v) is 11.3. The number of methoxy groups -OCH3 is 1. The summed E-state index contributed by atoms with van der Waals surface area (Å²) in [6, 6.07) is 8.09. The molecule has 0 aliphatic carbocycles. The number of rotatable bonds is 5. The van der Waals surface area contributed by atoms with Gasteiger partial charge in [0.15, 0.2) is 0 Å². The predicted octanol–water partition coefficient (Wildman–Crippen LogP) is 2.23. The predicted molar refractivity (Wildman–Crippen MR) is 117 cm³/mol. The molecule has 2 amide bonds. The maximum Gasteiger partial charge on any atom is 0.264 e. The van der Waals surface area contributed by atoms with Crippen molar-refractivity contribution in [3.63, 3.8) is 0 Å². The molecule has 3 heterocycles.